The fourth-order valence-electron chi connectivity index (χ4n) is 1.68. The Morgan fingerprint density at radius 2 is 2.11 bits per heavy atom. The predicted octanol–water partition coefficient (Wildman–Crippen LogP) is 3.52. The summed E-state index contributed by atoms with van der Waals surface area (Å²) >= 11 is 6.94. The van der Waals surface area contributed by atoms with Gasteiger partial charge in [0.05, 0.1) is 0 Å². The molecular formula is C13H13ClN2O2S. The molecule has 0 aliphatic heterocycles. The van der Waals surface area contributed by atoms with Crippen LogP contribution < -0.4 is 4.90 Å². The number of carboxylic acids is 1. The Hall–Kier alpha value is -1.59. The number of aromatic nitrogens is 1. The summed E-state index contributed by atoms with van der Waals surface area (Å²) in [5.41, 5.74) is 1.15. The van der Waals surface area contributed by atoms with Gasteiger partial charge in [-0.1, -0.05) is 53.3 Å². The molecule has 0 radical (unpaired) electrons. The lowest BCUT2D eigenvalue weighted by Gasteiger charge is -2.19. The summed E-state index contributed by atoms with van der Waals surface area (Å²) < 4.78 is 0. The van der Waals surface area contributed by atoms with Gasteiger partial charge in [-0.2, -0.15) is 0 Å². The molecule has 100 valence electrons. The van der Waals surface area contributed by atoms with Crippen molar-refractivity contribution in [1.29, 1.82) is 0 Å². The van der Waals surface area contributed by atoms with E-state index in [4.69, 9.17) is 16.7 Å². The third-order valence-electron chi connectivity index (χ3n) is 2.64. The fraction of sp³-hybridized carbons (Fsp3) is 0.231. The number of aromatic carboxylic acids is 1. The standard InChI is InChI=1S/C13H13ClN2O2S/c1-2-16(8-9-6-4-3-5-7-9)13-15-11(14)10(19-13)12(17)18/h3-7H,2,8H2,1H3,(H,17,18). The second kappa shape index (κ2) is 6.04. The van der Waals surface area contributed by atoms with E-state index < -0.39 is 5.97 Å². The summed E-state index contributed by atoms with van der Waals surface area (Å²) in [6.07, 6.45) is 0. The van der Waals surface area contributed by atoms with Gasteiger partial charge in [-0.3, -0.25) is 0 Å². The van der Waals surface area contributed by atoms with Gasteiger partial charge in [-0.15, -0.1) is 0 Å². The second-order valence-corrected chi connectivity index (χ2v) is 5.26. The van der Waals surface area contributed by atoms with Crippen LogP contribution in [0.2, 0.25) is 5.15 Å². The zero-order valence-corrected chi connectivity index (χ0v) is 11.9. The summed E-state index contributed by atoms with van der Waals surface area (Å²) in [5.74, 6) is -1.04. The normalized spacial score (nSPS) is 10.4. The van der Waals surface area contributed by atoms with E-state index in [1.165, 1.54) is 0 Å². The first-order chi connectivity index (χ1) is 9.11. The highest BCUT2D eigenvalue weighted by Crippen LogP contribution is 2.30. The maximum atomic E-state index is 11.0. The Bertz CT molecular complexity index is 571. The molecule has 4 nitrogen and oxygen atoms in total. The van der Waals surface area contributed by atoms with Crippen LogP contribution in [-0.2, 0) is 6.54 Å². The van der Waals surface area contributed by atoms with Crippen molar-refractivity contribution in [2.24, 2.45) is 0 Å². The lowest BCUT2D eigenvalue weighted by atomic mass is 10.2. The molecule has 1 heterocycles. The summed E-state index contributed by atoms with van der Waals surface area (Å²) in [5, 5.41) is 9.68. The minimum absolute atomic E-state index is 0.0546. The monoisotopic (exact) mass is 296 g/mol. The number of benzene rings is 1. The van der Waals surface area contributed by atoms with E-state index >= 15 is 0 Å². The van der Waals surface area contributed by atoms with Crippen molar-refractivity contribution in [1.82, 2.24) is 4.98 Å². The highest BCUT2D eigenvalue weighted by atomic mass is 35.5. The summed E-state index contributed by atoms with van der Waals surface area (Å²) in [6.45, 7) is 3.41. The number of thiazole rings is 1. The molecule has 0 fully saturated rings. The maximum absolute atomic E-state index is 11.0. The molecule has 0 spiro atoms. The van der Waals surface area contributed by atoms with Crippen molar-refractivity contribution >= 4 is 34.0 Å². The van der Waals surface area contributed by atoms with E-state index in [9.17, 15) is 4.79 Å². The molecule has 0 saturated heterocycles. The van der Waals surface area contributed by atoms with E-state index in [0.717, 1.165) is 23.4 Å². The van der Waals surface area contributed by atoms with Crippen molar-refractivity contribution < 1.29 is 9.90 Å². The molecule has 6 heteroatoms. The van der Waals surface area contributed by atoms with Gasteiger partial charge in [0.15, 0.2) is 15.2 Å². The third-order valence-corrected chi connectivity index (χ3v) is 4.13. The minimum atomic E-state index is -1.04. The number of hydrogen-bond donors (Lipinski definition) is 1. The number of hydrogen-bond acceptors (Lipinski definition) is 4. The number of rotatable bonds is 5. The molecule has 0 unspecified atom stereocenters. The van der Waals surface area contributed by atoms with Gasteiger partial charge in [0.2, 0.25) is 0 Å². The van der Waals surface area contributed by atoms with Crippen LogP contribution in [0.15, 0.2) is 30.3 Å². The number of carboxylic acid groups (broad SMARTS) is 1. The van der Waals surface area contributed by atoms with Crippen LogP contribution in [0.25, 0.3) is 0 Å². The van der Waals surface area contributed by atoms with E-state index in [1.54, 1.807) is 0 Å². The number of carbonyl (C=O) groups is 1. The molecule has 0 atom stereocenters. The molecular weight excluding hydrogens is 284 g/mol. The predicted molar refractivity (Wildman–Crippen MR) is 77.2 cm³/mol. The van der Waals surface area contributed by atoms with Gasteiger partial charge in [-0.05, 0) is 12.5 Å². The first-order valence-electron chi connectivity index (χ1n) is 5.80. The molecule has 2 aromatic rings. The van der Waals surface area contributed by atoms with Crippen LogP contribution in [-0.4, -0.2) is 22.6 Å². The largest absolute Gasteiger partial charge is 0.477 e. The highest BCUT2D eigenvalue weighted by molar-refractivity contribution is 7.18. The van der Waals surface area contributed by atoms with Gasteiger partial charge in [0.1, 0.15) is 0 Å². The lowest BCUT2D eigenvalue weighted by Crippen LogP contribution is -2.21. The number of anilines is 1. The van der Waals surface area contributed by atoms with E-state index in [-0.39, 0.29) is 10.0 Å². The van der Waals surface area contributed by atoms with E-state index in [0.29, 0.717) is 11.7 Å². The van der Waals surface area contributed by atoms with Crippen LogP contribution in [0.5, 0.6) is 0 Å². The van der Waals surface area contributed by atoms with Crippen LogP contribution >= 0.6 is 22.9 Å². The van der Waals surface area contributed by atoms with Gasteiger partial charge in [0.25, 0.3) is 0 Å². The van der Waals surface area contributed by atoms with Crippen molar-refractivity contribution in [2.75, 3.05) is 11.4 Å². The summed E-state index contributed by atoms with van der Waals surface area (Å²) in [4.78, 5) is 17.2. The topological polar surface area (TPSA) is 53.4 Å². The smallest absolute Gasteiger partial charge is 0.349 e. The number of halogens is 1. The molecule has 0 amide bonds. The second-order valence-electron chi connectivity index (χ2n) is 3.92. The summed E-state index contributed by atoms with van der Waals surface area (Å²) in [6, 6.07) is 9.95. The highest BCUT2D eigenvalue weighted by Gasteiger charge is 2.18. The third kappa shape index (κ3) is 3.24. The van der Waals surface area contributed by atoms with Crippen molar-refractivity contribution in [3.05, 3.63) is 45.9 Å². The SMILES string of the molecule is CCN(Cc1ccccc1)c1nc(Cl)c(C(=O)O)s1. The van der Waals surface area contributed by atoms with Crippen molar-refractivity contribution in [3.8, 4) is 0 Å². The van der Waals surface area contributed by atoms with E-state index in [1.807, 2.05) is 42.2 Å². The molecule has 0 aliphatic rings. The van der Waals surface area contributed by atoms with Gasteiger partial charge in [-0.25, -0.2) is 9.78 Å². The van der Waals surface area contributed by atoms with Crippen LogP contribution in [0.3, 0.4) is 0 Å². The molecule has 19 heavy (non-hydrogen) atoms. The first kappa shape index (κ1) is 13.8. The molecule has 2 rings (SSSR count). The summed E-state index contributed by atoms with van der Waals surface area (Å²) in [7, 11) is 0. The minimum Gasteiger partial charge on any atom is -0.477 e. The lowest BCUT2D eigenvalue weighted by molar-refractivity contribution is 0.0702. The molecule has 1 N–H and O–H groups in total. The Morgan fingerprint density at radius 1 is 1.42 bits per heavy atom. The zero-order chi connectivity index (χ0) is 13.8. The van der Waals surface area contributed by atoms with Crippen LogP contribution in [0.1, 0.15) is 22.2 Å². The Labute approximate surface area is 120 Å². The Morgan fingerprint density at radius 3 is 2.63 bits per heavy atom. The van der Waals surface area contributed by atoms with Crippen molar-refractivity contribution in [3.63, 3.8) is 0 Å². The Balaban J connectivity index is 2.22. The first-order valence-corrected chi connectivity index (χ1v) is 6.99. The average molecular weight is 297 g/mol. The number of nitrogens with zero attached hydrogens (tertiary/aromatic N) is 2. The van der Waals surface area contributed by atoms with Crippen LogP contribution in [0.4, 0.5) is 5.13 Å². The fourth-order valence-corrected chi connectivity index (χ4v) is 2.86. The quantitative estimate of drug-likeness (QED) is 0.917. The van der Waals surface area contributed by atoms with E-state index in [2.05, 4.69) is 4.98 Å². The van der Waals surface area contributed by atoms with Crippen molar-refractivity contribution in [2.45, 2.75) is 13.5 Å². The van der Waals surface area contributed by atoms with Gasteiger partial charge in [0, 0.05) is 13.1 Å². The average Bonchev–Trinajstić information content (AvgIpc) is 2.79. The van der Waals surface area contributed by atoms with Gasteiger partial charge < -0.3 is 10.0 Å². The zero-order valence-electron chi connectivity index (χ0n) is 10.3. The molecule has 0 saturated carbocycles. The molecule has 1 aromatic carbocycles. The van der Waals surface area contributed by atoms with Crippen LogP contribution in [0, 0.1) is 0 Å². The molecule has 0 bridgehead atoms. The maximum Gasteiger partial charge on any atom is 0.349 e. The Kier molecular flexibility index (Phi) is 4.39. The van der Waals surface area contributed by atoms with Gasteiger partial charge >= 0.3 is 5.97 Å². The molecule has 0 aliphatic carbocycles. The molecule has 1 aromatic heterocycles.